The molecule has 0 unspecified atom stereocenters. The Bertz CT molecular complexity index is 974. The number of pyridine rings is 1. The number of hydrogen-bond donors (Lipinski definition) is 1. The number of benzene rings is 1. The first-order valence-corrected chi connectivity index (χ1v) is 8.45. The van der Waals surface area contributed by atoms with Gasteiger partial charge in [0, 0.05) is 6.20 Å². The van der Waals surface area contributed by atoms with Crippen LogP contribution in [0.3, 0.4) is 0 Å². The molecule has 3 rings (SSSR count). The van der Waals surface area contributed by atoms with Crippen LogP contribution in [-0.4, -0.2) is 38.0 Å². The second kappa shape index (κ2) is 7.96. The zero-order chi connectivity index (χ0) is 19.4. The van der Waals surface area contributed by atoms with Gasteiger partial charge in [0.1, 0.15) is 0 Å². The summed E-state index contributed by atoms with van der Waals surface area (Å²) in [5.74, 6) is -1.28. The van der Waals surface area contributed by atoms with Gasteiger partial charge in [-0.05, 0) is 38.1 Å². The number of hydrogen-bond acceptors (Lipinski definition) is 6. The van der Waals surface area contributed by atoms with E-state index >= 15 is 0 Å². The molecule has 2 aromatic heterocycles. The molecule has 0 saturated carbocycles. The lowest BCUT2D eigenvalue weighted by atomic mass is 10.3. The number of rotatable bonds is 5. The molecule has 0 spiro atoms. The molecule has 27 heavy (non-hydrogen) atoms. The van der Waals surface area contributed by atoms with Crippen LogP contribution < -0.4 is 5.32 Å². The number of nitrogens with one attached hydrogen (secondary N) is 1. The van der Waals surface area contributed by atoms with E-state index in [0.717, 1.165) is 0 Å². The van der Waals surface area contributed by atoms with Crippen LogP contribution in [0, 0.1) is 6.92 Å². The molecule has 1 aromatic carbocycles. The Balaban J connectivity index is 1.69. The van der Waals surface area contributed by atoms with E-state index in [0.29, 0.717) is 17.1 Å². The summed E-state index contributed by atoms with van der Waals surface area (Å²) in [6, 6.07) is 12.4. The molecule has 0 bridgehead atoms. The molecular formula is C18H16ClN5O3. The molecule has 1 atom stereocenters. The van der Waals surface area contributed by atoms with Crippen LogP contribution in [0.1, 0.15) is 23.1 Å². The summed E-state index contributed by atoms with van der Waals surface area (Å²) in [5, 5.41) is 11.1. The van der Waals surface area contributed by atoms with Crippen LogP contribution in [0.2, 0.25) is 5.15 Å². The van der Waals surface area contributed by atoms with Crippen molar-refractivity contribution in [2.75, 3.05) is 5.32 Å². The van der Waals surface area contributed by atoms with Crippen LogP contribution in [0.4, 0.5) is 5.69 Å². The Morgan fingerprint density at radius 3 is 2.59 bits per heavy atom. The number of esters is 1. The van der Waals surface area contributed by atoms with Crippen molar-refractivity contribution in [1.29, 1.82) is 0 Å². The molecule has 1 N–H and O–H groups in total. The Hall–Kier alpha value is -3.26. The van der Waals surface area contributed by atoms with Crippen LogP contribution in [0.5, 0.6) is 0 Å². The lowest BCUT2D eigenvalue weighted by molar-refractivity contribution is -0.123. The predicted octanol–water partition coefficient (Wildman–Crippen LogP) is 2.81. The molecule has 0 fully saturated rings. The van der Waals surface area contributed by atoms with Gasteiger partial charge >= 0.3 is 5.97 Å². The van der Waals surface area contributed by atoms with Gasteiger partial charge in [-0.3, -0.25) is 4.79 Å². The average molecular weight is 386 g/mol. The number of nitrogens with zero attached hydrogens (tertiary/aromatic N) is 4. The van der Waals surface area contributed by atoms with Crippen molar-refractivity contribution in [3.05, 3.63) is 65.2 Å². The summed E-state index contributed by atoms with van der Waals surface area (Å²) in [6.07, 6.45) is 0.440. The number of anilines is 1. The van der Waals surface area contributed by atoms with Crippen molar-refractivity contribution in [3.8, 4) is 5.69 Å². The van der Waals surface area contributed by atoms with Gasteiger partial charge in [-0.15, -0.1) is 5.10 Å². The van der Waals surface area contributed by atoms with Crippen molar-refractivity contribution >= 4 is 29.2 Å². The zero-order valence-corrected chi connectivity index (χ0v) is 15.3. The Labute approximate surface area is 160 Å². The molecule has 1 amide bonds. The molecule has 0 saturated heterocycles. The fourth-order valence-electron chi connectivity index (χ4n) is 2.23. The van der Waals surface area contributed by atoms with E-state index in [4.69, 9.17) is 16.3 Å². The van der Waals surface area contributed by atoms with E-state index in [1.54, 1.807) is 19.1 Å². The minimum atomic E-state index is -1.06. The van der Waals surface area contributed by atoms with E-state index in [2.05, 4.69) is 20.5 Å². The maximum absolute atomic E-state index is 12.4. The topological polar surface area (TPSA) is 99.0 Å². The van der Waals surface area contributed by atoms with Gasteiger partial charge in [-0.25, -0.2) is 9.78 Å². The summed E-state index contributed by atoms with van der Waals surface area (Å²) in [6.45, 7) is 3.09. The van der Waals surface area contributed by atoms with Crippen molar-refractivity contribution in [2.45, 2.75) is 20.0 Å². The van der Waals surface area contributed by atoms with Crippen LogP contribution >= 0.6 is 11.6 Å². The number of aromatic nitrogens is 4. The third kappa shape index (κ3) is 4.29. The SMILES string of the molecule is Cc1nn(-c2ccccc2)nc1C(=O)O[C@H](C)C(=O)Nc1cccnc1Cl. The molecule has 138 valence electrons. The predicted molar refractivity (Wildman–Crippen MR) is 98.9 cm³/mol. The van der Waals surface area contributed by atoms with Crippen LogP contribution in [-0.2, 0) is 9.53 Å². The fraction of sp³-hybridized carbons (Fsp3) is 0.167. The lowest BCUT2D eigenvalue weighted by Crippen LogP contribution is -2.30. The molecule has 0 radical (unpaired) electrons. The van der Waals surface area contributed by atoms with Crippen LogP contribution in [0.15, 0.2) is 48.7 Å². The minimum Gasteiger partial charge on any atom is -0.448 e. The quantitative estimate of drug-likeness (QED) is 0.535. The normalized spacial score (nSPS) is 11.7. The van der Waals surface area contributed by atoms with Gasteiger partial charge < -0.3 is 10.1 Å². The Morgan fingerprint density at radius 2 is 1.89 bits per heavy atom. The van der Waals surface area contributed by atoms with E-state index in [1.807, 2.05) is 30.3 Å². The number of aryl methyl sites for hydroxylation is 1. The van der Waals surface area contributed by atoms with Gasteiger partial charge in [0.2, 0.25) is 0 Å². The second-order valence-corrected chi connectivity index (χ2v) is 6.00. The number of carbonyl (C=O) groups is 2. The summed E-state index contributed by atoms with van der Waals surface area (Å²) in [7, 11) is 0. The molecule has 0 aliphatic carbocycles. The molecule has 9 heteroatoms. The van der Waals surface area contributed by atoms with E-state index in [-0.39, 0.29) is 10.8 Å². The molecule has 2 heterocycles. The number of amides is 1. The van der Waals surface area contributed by atoms with Gasteiger partial charge in [-0.2, -0.15) is 9.90 Å². The smallest absolute Gasteiger partial charge is 0.361 e. The van der Waals surface area contributed by atoms with Crippen molar-refractivity contribution in [1.82, 2.24) is 20.0 Å². The number of halogens is 1. The highest BCUT2D eigenvalue weighted by Gasteiger charge is 2.24. The summed E-state index contributed by atoms with van der Waals surface area (Å²) in [5.41, 5.74) is 1.47. The highest BCUT2D eigenvalue weighted by atomic mass is 35.5. The third-order valence-corrected chi connectivity index (χ3v) is 3.93. The lowest BCUT2D eigenvalue weighted by Gasteiger charge is -2.13. The van der Waals surface area contributed by atoms with E-state index < -0.39 is 18.0 Å². The second-order valence-electron chi connectivity index (χ2n) is 5.64. The summed E-state index contributed by atoms with van der Waals surface area (Å²) in [4.78, 5) is 29.8. The highest BCUT2D eigenvalue weighted by molar-refractivity contribution is 6.32. The zero-order valence-electron chi connectivity index (χ0n) is 14.6. The first kappa shape index (κ1) is 18.5. The highest BCUT2D eigenvalue weighted by Crippen LogP contribution is 2.18. The minimum absolute atomic E-state index is 0.0397. The molecule has 8 nitrogen and oxygen atoms in total. The van der Waals surface area contributed by atoms with Gasteiger partial charge in [0.25, 0.3) is 5.91 Å². The van der Waals surface area contributed by atoms with Crippen LogP contribution in [0.25, 0.3) is 5.69 Å². The maximum Gasteiger partial charge on any atom is 0.361 e. The number of ether oxygens (including phenoxy) is 1. The first-order chi connectivity index (χ1) is 13.0. The molecule has 0 aliphatic heterocycles. The number of para-hydroxylation sites is 1. The summed E-state index contributed by atoms with van der Waals surface area (Å²) >= 11 is 5.90. The van der Waals surface area contributed by atoms with Gasteiger partial charge in [-0.1, -0.05) is 29.8 Å². The molecule has 0 aliphatic rings. The largest absolute Gasteiger partial charge is 0.448 e. The van der Waals surface area contributed by atoms with Crippen molar-refractivity contribution in [2.24, 2.45) is 0 Å². The van der Waals surface area contributed by atoms with Crippen molar-refractivity contribution in [3.63, 3.8) is 0 Å². The first-order valence-electron chi connectivity index (χ1n) is 8.07. The van der Waals surface area contributed by atoms with E-state index in [1.165, 1.54) is 17.9 Å². The third-order valence-electron chi connectivity index (χ3n) is 3.63. The average Bonchev–Trinajstić information content (AvgIpc) is 3.06. The fourth-order valence-corrected chi connectivity index (χ4v) is 2.39. The number of carbonyl (C=O) groups excluding carboxylic acids is 2. The van der Waals surface area contributed by atoms with Gasteiger partial charge in [0.15, 0.2) is 17.0 Å². The molecule has 3 aromatic rings. The molecular weight excluding hydrogens is 370 g/mol. The Kier molecular flexibility index (Phi) is 5.46. The Morgan fingerprint density at radius 1 is 1.15 bits per heavy atom. The van der Waals surface area contributed by atoms with Gasteiger partial charge in [0.05, 0.1) is 17.1 Å². The monoisotopic (exact) mass is 385 g/mol. The summed E-state index contributed by atoms with van der Waals surface area (Å²) < 4.78 is 5.21. The van der Waals surface area contributed by atoms with Crippen molar-refractivity contribution < 1.29 is 14.3 Å². The van der Waals surface area contributed by atoms with E-state index in [9.17, 15) is 9.59 Å². The standard InChI is InChI=1S/C18H16ClN5O3/c1-11-15(23-24(22-11)13-7-4-3-5-8-13)18(26)27-12(2)17(25)21-14-9-6-10-20-16(14)19/h3-10,12H,1-2H3,(H,21,25)/t12-/m1/s1. The maximum atomic E-state index is 12.4.